The zero-order valence-corrected chi connectivity index (χ0v) is 6.97. The van der Waals surface area contributed by atoms with Crippen molar-refractivity contribution in [3.63, 3.8) is 0 Å². The summed E-state index contributed by atoms with van der Waals surface area (Å²) in [5, 5.41) is 1.37. The van der Waals surface area contributed by atoms with E-state index in [4.69, 9.17) is 0 Å². The standard InChI is InChI=1S/C7H12N2O2/c1-5(10)9-7(2,3)4-6(11)8-9/h4H2,1-3H3,(H,8,11). The lowest BCUT2D eigenvalue weighted by Gasteiger charge is -2.28. The highest BCUT2D eigenvalue weighted by Gasteiger charge is 2.38. The predicted octanol–water partition coefficient (Wildman–Crippen LogP) is 0.0484. The number of nitrogens with zero attached hydrogens (tertiary/aromatic N) is 1. The van der Waals surface area contributed by atoms with Crippen molar-refractivity contribution in [3.05, 3.63) is 0 Å². The van der Waals surface area contributed by atoms with E-state index in [0.29, 0.717) is 6.42 Å². The van der Waals surface area contributed by atoms with E-state index in [0.717, 1.165) is 0 Å². The van der Waals surface area contributed by atoms with Gasteiger partial charge in [0.2, 0.25) is 11.8 Å². The van der Waals surface area contributed by atoms with Crippen LogP contribution in [0.1, 0.15) is 27.2 Å². The molecule has 0 aromatic carbocycles. The second kappa shape index (κ2) is 2.22. The highest BCUT2D eigenvalue weighted by atomic mass is 16.2. The van der Waals surface area contributed by atoms with Gasteiger partial charge in [-0.15, -0.1) is 0 Å². The Hall–Kier alpha value is -1.06. The molecule has 2 amide bonds. The predicted molar refractivity (Wildman–Crippen MR) is 39.4 cm³/mol. The Morgan fingerprint density at radius 2 is 2.18 bits per heavy atom. The summed E-state index contributed by atoms with van der Waals surface area (Å²) < 4.78 is 0. The Balaban J connectivity index is 2.82. The maximum absolute atomic E-state index is 10.9. The van der Waals surface area contributed by atoms with Crippen molar-refractivity contribution in [2.75, 3.05) is 0 Å². The number of carbonyl (C=O) groups is 2. The summed E-state index contributed by atoms with van der Waals surface area (Å²) in [5.74, 6) is -0.217. The molecule has 1 fully saturated rings. The van der Waals surface area contributed by atoms with Crippen molar-refractivity contribution in [1.29, 1.82) is 0 Å². The van der Waals surface area contributed by atoms with Crippen molar-refractivity contribution >= 4 is 11.8 Å². The molecule has 11 heavy (non-hydrogen) atoms. The van der Waals surface area contributed by atoms with E-state index in [-0.39, 0.29) is 17.4 Å². The van der Waals surface area contributed by atoms with Crippen LogP contribution in [0.15, 0.2) is 0 Å². The Labute approximate surface area is 65.5 Å². The molecule has 1 rings (SSSR count). The highest BCUT2D eigenvalue weighted by Crippen LogP contribution is 2.22. The monoisotopic (exact) mass is 156 g/mol. The molecular weight excluding hydrogens is 144 g/mol. The summed E-state index contributed by atoms with van der Waals surface area (Å²) >= 11 is 0. The molecule has 0 aromatic rings. The summed E-state index contributed by atoms with van der Waals surface area (Å²) in [6, 6.07) is 0. The summed E-state index contributed by atoms with van der Waals surface area (Å²) in [7, 11) is 0. The minimum Gasteiger partial charge on any atom is -0.273 e. The molecule has 0 atom stereocenters. The van der Waals surface area contributed by atoms with E-state index in [1.165, 1.54) is 11.9 Å². The van der Waals surface area contributed by atoms with Crippen LogP contribution in [0.3, 0.4) is 0 Å². The van der Waals surface area contributed by atoms with Crippen LogP contribution in [-0.2, 0) is 9.59 Å². The fraction of sp³-hybridized carbons (Fsp3) is 0.714. The number of rotatable bonds is 0. The van der Waals surface area contributed by atoms with Gasteiger partial charge in [0.15, 0.2) is 0 Å². The third-order valence-electron chi connectivity index (χ3n) is 1.75. The van der Waals surface area contributed by atoms with Gasteiger partial charge in [-0.2, -0.15) is 0 Å². The summed E-state index contributed by atoms with van der Waals surface area (Å²) in [5.41, 5.74) is 2.12. The molecule has 1 aliphatic rings. The van der Waals surface area contributed by atoms with Gasteiger partial charge in [0, 0.05) is 6.92 Å². The maximum Gasteiger partial charge on any atom is 0.241 e. The SMILES string of the molecule is CC(=O)N1NC(=O)CC1(C)C. The third-order valence-corrected chi connectivity index (χ3v) is 1.75. The van der Waals surface area contributed by atoms with Crippen LogP contribution in [0.25, 0.3) is 0 Å². The van der Waals surface area contributed by atoms with E-state index in [2.05, 4.69) is 5.43 Å². The van der Waals surface area contributed by atoms with Gasteiger partial charge < -0.3 is 0 Å². The van der Waals surface area contributed by atoms with Crippen molar-refractivity contribution in [1.82, 2.24) is 10.4 Å². The van der Waals surface area contributed by atoms with Gasteiger partial charge in [-0.25, -0.2) is 5.01 Å². The molecule has 1 aliphatic heterocycles. The molecule has 0 aromatic heterocycles. The quantitative estimate of drug-likeness (QED) is 0.538. The van der Waals surface area contributed by atoms with Crippen LogP contribution in [0, 0.1) is 0 Å². The minimum absolute atomic E-state index is 0.0924. The van der Waals surface area contributed by atoms with Gasteiger partial charge in [0.1, 0.15) is 0 Å². The fourth-order valence-corrected chi connectivity index (χ4v) is 1.29. The molecule has 0 unspecified atom stereocenters. The van der Waals surface area contributed by atoms with Gasteiger partial charge >= 0.3 is 0 Å². The first-order valence-electron chi connectivity index (χ1n) is 3.54. The van der Waals surface area contributed by atoms with Crippen molar-refractivity contribution in [2.45, 2.75) is 32.7 Å². The Bertz CT molecular complexity index is 210. The minimum atomic E-state index is -0.372. The second-order valence-corrected chi connectivity index (χ2v) is 3.38. The average Bonchev–Trinajstić information content (AvgIpc) is 2.04. The molecule has 0 saturated carbocycles. The van der Waals surface area contributed by atoms with E-state index in [1.54, 1.807) is 0 Å². The fourth-order valence-electron chi connectivity index (χ4n) is 1.29. The molecule has 1 N–H and O–H groups in total. The molecular formula is C7H12N2O2. The Morgan fingerprint density at radius 1 is 1.64 bits per heavy atom. The van der Waals surface area contributed by atoms with Crippen molar-refractivity contribution < 1.29 is 9.59 Å². The van der Waals surface area contributed by atoms with Crippen LogP contribution < -0.4 is 5.43 Å². The van der Waals surface area contributed by atoms with Crippen LogP contribution in [0.5, 0.6) is 0 Å². The first-order chi connectivity index (χ1) is 4.93. The normalized spacial score (nSPS) is 21.7. The van der Waals surface area contributed by atoms with Gasteiger partial charge in [-0.3, -0.25) is 15.0 Å². The van der Waals surface area contributed by atoms with Crippen LogP contribution >= 0.6 is 0 Å². The van der Waals surface area contributed by atoms with Gasteiger partial charge in [-0.05, 0) is 13.8 Å². The van der Waals surface area contributed by atoms with Gasteiger partial charge in [0.05, 0.1) is 12.0 Å². The zero-order valence-electron chi connectivity index (χ0n) is 6.97. The van der Waals surface area contributed by atoms with E-state index < -0.39 is 0 Å². The lowest BCUT2D eigenvalue weighted by Crippen LogP contribution is -2.47. The highest BCUT2D eigenvalue weighted by molar-refractivity contribution is 5.85. The molecule has 1 heterocycles. The lowest BCUT2D eigenvalue weighted by molar-refractivity contribution is -0.137. The van der Waals surface area contributed by atoms with Crippen LogP contribution in [0.4, 0.5) is 0 Å². The molecule has 62 valence electrons. The van der Waals surface area contributed by atoms with Crippen LogP contribution in [-0.4, -0.2) is 22.4 Å². The van der Waals surface area contributed by atoms with Crippen molar-refractivity contribution in [2.24, 2.45) is 0 Å². The van der Waals surface area contributed by atoms with E-state index in [9.17, 15) is 9.59 Å². The lowest BCUT2D eigenvalue weighted by atomic mass is 10.0. The number of hydrazine groups is 1. The smallest absolute Gasteiger partial charge is 0.241 e. The zero-order chi connectivity index (χ0) is 8.65. The molecule has 4 nitrogen and oxygen atoms in total. The molecule has 0 spiro atoms. The molecule has 0 aliphatic carbocycles. The maximum atomic E-state index is 10.9. The van der Waals surface area contributed by atoms with Gasteiger partial charge in [0.25, 0.3) is 0 Å². The van der Waals surface area contributed by atoms with Crippen LogP contribution in [0.2, 0.25) is 0 Å². The number of hydrogen-bond acceptors (Lipinski definition) is 2. The molecule has 4 heteroatoms. The topological polar surface area (TPSA) is 49.4 Å². The molecule has 0 bridgehead atoms. The average molecular weight is 156 g/mol. The second-order valence-electron chi connectivity index (χ2n) is 3.38. The summed E-state index contributed by atoms with van der Waals surface area (Å²) in [6.45, 7) is 5.14. The number of amides is 2. The number of nitrogens with one attached hydrogen (secondary N) is 1. The summed E-state index contributed by atoms with van der Waals surface area (Å²) in [4.78, 5) is 21.8. The Morgan fingerprint density at radius 3 is 2.36 bits per heavy atom. The molecule has 1 saturated heterocycles. The summed E-state index contributed by atoms with van der Waals surface area (Å²) in [6.07, 6.45) is 0.382. The van der Waals surface area contributed by atoms with E-state index >= 15 is 0 Å². The largest absolute Gasteiger partial charge is 0.273 e. The first kappa shape index (κ1) is 8.04. The number of carbonyl (C=O) groups excluding carboxylic acids is 2. The Kier molecular flexibility index (Phi) is 1.62. The first-order valence-corrected chi connectivity index (χ1v) is 3.54. The third kappa shape index (κ3) is 1.34. The van der Waals surface area contributed by atoms with Gasteiger partial charge in [-0.1, -0.05) is 0 Å². The number of hydrogen-bond donors (Lipinski definition) is 1. The van der Waals surface area contributed by atoms with E-state index in [1.807, 2.05) is 13.8 Å². The van der Waals surface area contributed by atoms with Crippen molar-refractivity contribution in [3.8, 4) is 0 Å². The molecule has 0 radical (unpaired) electrons.